The van der Waals surface area contributed by atoms with Crippen molar-refractivity contribution < 1.29 is 9.47 Å². The van der Waals surface area contributed by atoms with Crippen molar-refractivity contribution in [3.8, 4) is 0 Å². The van der Waals surface area contributed by atoms with Gasteiger partial charge in [-0.05, 0) is 31.9 Å². The Morgan fingerprint density at radius 2 is 1.62 bits per heavy atom. The van der Waals surface area contributed by atoms with Crippen LogP contribution in [0.3, 0.4) is 0 Å². The van der Waals surface area contributed by atoms with Crippen LogP contribution in [0.4, 0.5) is 0 Å². The molecule has 0 aliphatic rings. The summed E-state index contributed by atoms with van der Waals surface area (Å²) < 4.78 is 12.0. The highest BCUT2D eigenvalue weighted by molar-refractivity contribution is 9.11. The van der Waals surface area contributed by atoms with Crippen LogP contribution in [-0.4, -0.2) is 19.2 Å². The van der Waals surface area contributed by atoms with Crippen LogP contribution in [0.2, 0.25) is 0 Å². The highest BCUT2D eigenvalue weighted by atomic mass is 79.9. The first kappa shape index (κ1) is 11.1. The van der Waals surface area contributed by atoms with Crippen molar-refractivity contribution in [3.63, 3.8) is 0 Å². The van der Waals surface area contributed by atoms with E-state index >= 15 is 0 Å². The van der Waals surface area contributed by atoms with Crippen LogP contribution >= 0.6 is 31.9 Å². The molecule has 0 bridgehead atoms. The van der Waals surface area contributed by atoms with Gasteiger partial charge >= 0.3 is 0 Å². The van der Waals surface area contributed by atoms with Crippen molar-refractivity contribution in [3.05, 3.63) is 26.9 Å². The van der Waals surface area contributed by atoms with Gasteiger partial charge in [0, 0.05) is 41.1 Å². The molecule has 13 heavy (non-hydrogen) atoms. The van der Waals surface area contributed by atoms with E-state index in [1.54, 1.807) is 26.6 Å². The fourth-order valence-corrected chi connectivity index (χ4v) is 2.28. The standard InChI is InChI=1S/C8H9Br2NO2/c1-12-8(13-2)7-5(9)3-11-4-6(7)10/h3-4,8H,1-2H3. The third-order valence-corrected chi connectivity index (χ3v) is 2.82. The second kappa shape index (κ2) is 5.05. The van der Waals surface area contributed by atoms with Crippen LogP contribution in [0.5, 0.6) is 0 Å². The Bertz CT molecular complexity index is 269. The Labute approximate surface area is 93.7 Å². The molecule has 0 fully saturated rings. The van der Waals surface area contributed by atoms with Crippen molar-refractivity contribution in [1.82, 2.24) is 4.98 Å². The van der Waals surface area contributed by atoms with Gasteiger partial charge < -0.3 is 9.47 Å². The summed E-state index contributed by atoms with van der Waals surface area (Å²) in [7, 11) is 3.18. The van der Waals surface area contributed by atoms with Gasteiger partial charge in [0.15, 0.2) is 6.29 Å². The maximum absolute atomic E-state index is 5.14. The zero-order valence-electron chi connectivity index (χ0n) is 7.25. The maximum atomic E-state index is 5.14. The normalized spacial score (nSPS) is 10.8. The number of halogens is 2. The first-order valence-corrected chi connectivity index (χ1v) is 5.13. The summed E-state index contributed by atoms with van der Waals surface area (Å²) in [5, 5.41) is 0. The number of nitrogens with zero attached hydrogens (tertiary/aromatic N) is 1. The largest absolute Gasteiger partial charge is 0.352 e. The highest BCUT2D eigenvalue weighted by Gasteiger charge is 2.16. The molecule has 0 N–H and O–H groups in total. The molecule has 1 heterocycles. The number of rotatable bonds is 3. The van der Waals surface area contributed by atoms with Gasteiger partial charge in [-0.15, -0.1) is 0 Å². The van der Waals surface area contributed by atoms with E-state index in [1.807, 2.05) is 0 Å². The molecule has 5 heteroatoms. The Balaban J connectivity index is 3.10. The average Bonchev–Trinajstić information content (AvgIpc) is 2.11. The van der Waals surface area contributed by atoms with Crippen LogP contribution in [0.15, 0.2) is 21.3 Å². The molecule has 0 saturated carbocycles. The van der Waals surface area contributed by atoms with Gasteiger partial charge in [-0.3, -0.25) is 4.98 Å². The topological polar surface area (TPSA) is 31.4 Å². The second-order valence-corrected chi connectivity index (χ2v) is 4.03. The molecule has 0 spiro atoms. The van der Waals surface area contributed by atoms with Crippen molar-refractivity contribution in [2.45, 2.75) is 6.29 Å². The molecule has 0 unspecified atom stereocenters. The summed E-state index contributed by atoms with van der Waals surface area (Å²) in [5.74, 6) is 0. The monoisotopic (exact) mass is 309 g/mol. The molecule has 0 aliphatic carbocycles. The zero-order chi connectivity index (χ0) is 9.84. The van der Waals surface area contributed by atoms with Gasteiger partial charge in [0.05, 0.1) is 0 Å². The van der Waals surface area contributed by atoms with E-state index in [-0.39, 0.29) is 6.29 Å². The van der Waals surface area contributed by atoms with E-state index < -0.39 is 0 Å². The van der Waals surface area contributed by atoms with E-state index in [0.29, 0.717) is 0 Å². The maximum Gasteiger partial charge on any atom is 0.185 e. The quantitative estimate of drug-likeness (QED) is 0.805. The predicted molar refractivity (Wildman–Crippen MR) is 56.4 cm³/mol. The minimum atomic E-state index is -0.383. The number of pyridine rings is 1. The molecular formula is C8H9Br2NO2. The molecule has 0 saturated heterocycles. The fraction of sp³-hybridized carbons (Fsp3) is 0.375. The third kappa shape index (κ3) is 2.49. The second-order valence-electron chi connectivity index (χ2n) is 2.32. The van der Waals surface area contributed by atoms with Gasteiger partial charge in [0.25, 0.3) is 0 Å². The van der Waals surface area contributed by atoms with Crippen LogP contribution in [0.1, 0.15) is 11.9 Å². The molecule has 0 aliphatic heterocycles. The predicted octanol–water partition coefficient (Wildman–Crippen LogP) is 2.90. The highest BCUT2D eigenvalue weighted by Crippen LogP contribution is 2.31. The van der Waals surface area contributed by atoms with E-state index in [0.717, 1.165) is 14.5 Å². The molecule has 72 valence electrons. The third-order valence-electron chi connectivity index (χ3n) is 1.55. The van der Waals surface area contributed by atoms with Gasteiger partial charge in [-0.2, -0.15) is 0 Å². The van der Waals surface area contributed by atoms with Crippen molar-refractivity contribution >= 4 is 31.9 Å². The van der Waals surface area contributed by atoms with E-state index in [1.165, 1.54) is 0 Å². The van der Waals surface area contributed by atoms with Crippen LogP contribution in [-0.2, 0) is 9.47 Å². The van der Waals surface area contributed by atoms with Gasteiger partial charge in [0.2, 0.25) is 0 Å². The Morgan fingerprint density at radius 1 is 1.15 bits per heavy atom. The number of ether oxygens (including phenoxy) is 2. The summed E-state index contributed by atoms with van der Waals surface area (Å²) in [4.78, 5) is 3.99. The lowest BCUT2D eigenvalue weighted by Crippen LogP contribution is -2.05. The van der Waals surface area contributed by atoms with Crippen molar-refractivity contribution in [1.29, 1.82) is 0 Å². The van der Waals surface area contributed by atoms with Gasteiger partial charge in [0.1, 0.15) is 0 Å². The average molecular weight is 311 g/mol. The molecular weight excluding hydrogens is 302 g/mol. The SMILES string of the molecule is COC(OC)c1c(Br)cncc1Br. The minimum Gasteiger partial charge on any atom is -0.352 e. The number of methoxy groups -OCH3 is 2. The lowest BCUT2D eigenvalue weighted by atomic mass is 10.2. The van der Waals surface area contributed by atoms with Crippen LogP contribution in [0, 0.1) is 0 Å². The van der Waals surface area contributed by atoms with E-state index in [4.69, 9.17) is 9.47 Å². The van der Waals surface area contributed by atoms with E-state index in [2.05, 4.69) is 36.8 Å². The smallest absolute Gasteiger partial charge is 0.185 e. The van der Waals surface area contributed by atoms with E-state index in [9.17, 15) is 0 Å². The van der Waals surface area contributed by atoms with Crippen LogP contribution in [0.25, 0.3) is 0 Å². The fourth-order valence-electron chi connectivity index (χ4n) is 0.978. The molecule has 0 radical (unpaired) electrons. The summed E-state index contributed by atoms with van der Waals surface area (Å²) in [6.45, 7) is 0. The molecule has 1 rings (SSSR count). The lowest BCUT2D eigenvalue weighted by molar-refractivity contribution is -0.106. The lowest BCUT2D eigenvalue weighted by Gasteiger charge is -2.16. The molecule has 0 atom stereocenters. The van der Waals surface area contributed by atoms with Crippen molar-refractivity contribution in [2.24, 2.45) is 0 Å². The number of hydrogen-bond donors (Lipinski definition) is 0. The summed E-state index contributed by atoms with van der Waals surface area (Å²) >= 11 is 6.75. The zero-order valence-corrected chi connectivity index (χ0v) is 10.4. The van der Waals surface area contributed by atoms with Gasteiger partial charge in [-0.25, -0.2) is 0 Å². The van der Waals surface area contributed by atoms with Crippen LogP contribution < -0.4 is 0 Å². The molecule has 1 aromatic heterocycles. The number of hydrogen-bond acceptors (Lipinski definition) is 3. The number of aromatic nitrogens is 1. The summed E-state index contributed by atoms with van der Waals surface area (Å²) in [6, 6.07) is 0. The molecule has 0 aromatic carbocycles. The minimum absolute atomic E-state index is 0.383. The molecule has 0 amide bonds. The Kier molecular flexibility index (Phi) is 4.31. The molecule has 1 aromatic rings. The Morgan fingerprint density at radius 3 is 2.00 bits per heavy atom. The first-order chi connectivity index (χ1) is 6.20. The Hall–Kier alpha value is 0.0300. The molecule has 3 nitrogen and oxygen atoms in total. The summed E-state index contributed by atoms with van der Waals surface area (Å²) in [5.41, 5.74) is 0.903. The first-order valence-electron chi connectivity index (χ1n) is 3.55. The van der Waals surface area contributed by atoms with Crippen molar-refractivity contribution in [2.75, 3.05) is 14.2 Å². The summed E-state index contributed by atoms with van der Waals surface area (Å²) in [6.07, 6.45) is 3.02. The van der Waals surface area contributed by atoms with Gasteiger partial charge in [-0.1, -0.05) is 0 Å².